The van der Waals surface area contributed by atoms with E-state index in [9.17, 15) is 17.9 Å². The van der Waals surface area contributed by atoms with Crippen molar-refractivity contribution in [2.24, 2.45) is 5.18 Å². The predicted molar refractivity (Wildman–Crippen MR) is 119 cm³/mol. The molecule has 0 atom stereocenters. The zero-order valence-electron chi connectivity index (χ0n) is 18.7. The maximum absolute atomic E-state index is 10.4. The van der Waals surface area contributed by atoms with Crippen molar-refractivity contribution >= 4 is 15.8 Å². The minimum absolute atomic E-state index is 0.0856. The summed E-state index contributed by atoms with van der Waals surface area (Å²) in [6.45, 7) is 15.0. The smallest absolute Gasteiger partial charge is 0.124 e. The molecule has 7 heteroatoms. The number of nitroso groups, excluding NO2 is 1. The Bertz CT molecular complexity index is 608. The first-order chi connectivity index (χ1) is 13.8. The Morgan fingerprint density at radius 3 is 1.34 bits per heavy atom. The van der Waals surface area contributed by atoms with Crippen LogP contribution in [0.5, 0.6) is 0 Å². The van der Waals surface area contributed by atoms with E-state index in [-0.39, 0.29) is 10.6 Å². The lowest BCUT2D eigenvalue weighted by Gasteiger charge is -2.39. The number of nitrogens with zero attached hydrogens (tertiary/aromatic N) is 2. The molecule has 168 valence electrons. The van der Waals surface area contributed by atoms with Gasteiger partial charge in [-0.15, -0.1) is 4.91 Å². The lowest BCUT2D eigenvalue weighted by atomic mass is 10.1. The number of benzene rings is 1. The molecule has 1 aromatic carbocycles. The van der Waals surface area contributed by atoms with Crippen LogP contribution in [0.15, 0.2) is 34.3 Å². The van der Waals surface area contributed by atoms with E-state index in [1.54, 1.807) is 0 Å². The maximum Gasteiger partial charge on any atom is 0.124 e. The third-order valence-electron chi connectivity index (χ3n) is 5.17. The molecule has 0 saturated carbocycles. The molecule has 0 unspecified atom stereocenters. The van der Waals surface area contributed by atoms with Gasteiger partial charge in [0.25, 0.3) is 0 Å². The van der Waals surface area contributed by atoms with Crippen LogP contribution in [0.1, 0.15) is 79.1 Å². The second kappa shape index (κ2) is 15.5. The molecule has 0 aromatic heterocycles. The van der Waals surface area contributed by atoms with Crippen LogP contribution in [-0.2, 0) is 10.1 Å². The van der Waals surface area contributed by atoms with Crippen molar-refractivity contribution < 1.29 is 17.5 Å². The molecule has 1 aromatic rings. The Morgan fingerprint density at radius 2 is 1.10 bits per heavy atom. The van der Waals surface area contributed by atoms with Gasteiger partial charge in [-0.2, -0.15) is 0 Å². The third-order valence-corrected chi connectivity index (χ3v) is 6.02. The number of rotatable bonds is 14. The largest absolute Gasteiger partial charge is 0.744 e. The molecule has 0 aliphatic rings. The summed E-state index contributed by atoms with van der Waals surface area (Å²) in [5.74, 6) is 0. The molecule has 1 rings (SSSR count). The van der Waals surface area contributed by atoms with Gasteiger partial charge in [0.2, 0.25) is 0 Å². The van der Waals surface area contributed by atoms with E-state index in [1.807, 2.05) is 0 Å². The Hall–Kier alpha value is -1.31. The van der Waals surface area contributed by atoms with Gasteiger partial charge in [-0.3, -0.25) is 0 Å². The van der Waals surface area contributed by atoms with Gasteiger partial charge in [-0.05, 0) is 55.1 Å². The molecule has 0 spiro atoms. The SMILES string of the molecule is CCCC[N+](CCCC)(CCCC)CCCC.O=Nc1ccc(S(=O)(=O)[O-])cc1. The van der Waals surface area contributed by atoms with Crippen LogP contribution in [0.25, 0.3) is 0 Å². The van der Waals surface area contributed by atoms with Crippen molar-refractivity contribution in [3.63, 3.8) is 0 Å². The number of hydrogen-bond acceptors (Lipinski definition) is 5. The van der Waals surface area contributed by atoms with E-state index < -0.39 is 10.1 Å². The lowest BCUT2D eigenvalue weighted by Crippen LogP contribution is -2.50. The van der Waals surface area contributed by atoms with Crippen molar-refractivity contribution in [1.82, 2.24) is 0 Å². The molecule has 0 fully saturated rings. The summed E-state index contributed by atoms with van der Waals surface area (Å²) < 4.78 is 32.5. The van der Waals surface area contributed by atoms with E-state index in [4.69, 9.17) is 0 Å². The molecule has 0 aliphatic heterocycles. The maximum atomic E-state index is 10.4. The minimum atomic E-state index is -4.42. The highest BCUT2D eigenvalue weighted by atomic mass is 32.2. The normalized spacial score (nSPS) is 11.6. The Balaban J connectivity index is 0.000000571. The van der Waals surface area contributed by atoms with Crippen LogP contribution in [0.2, 0.25) is 0 Å². The molecular formula is C22H40N2O4S. The minimum Gasteiger partial charge on any atom is -0.744 e. The first kappa shape index (κ1) is 27.7. The van der Waals surface area contributed by atoms with Crippen LogP contribution >= 0.6 is 0 Å². The third kappa shape index (κ3) is 12.1. The van der Waals surface area contributed by atoms with Gasteiger partial charge in [-0.1, -0.05) is 53.4 Å². The van der Waals surface area contributed by atoms with Crippen molar-refractivity contribution in [2.45, 2.75) is 84.0 Å². The molecule has 6 nitrogen and oxygen atoms in total. The second-order valence-corrected chi connectivity index (χ2v) is 9.07. The number of hydrogen-bond donors (Lipinski definition) is 0. The Kier molecular flexibility index (Phi) is 14.8. The molecule has 0 amide bonds. The van der Waals surface area contributed by atoms with Crippen molar-refractivity contribution in [3.8, 4) is 0 Å². The molecule has 0 N–H and O–H groups in total. The van der Waals surface area contributed by atoms with Gasteiger partial charge in [-0.25, -0.2) is 8.42 Å². The zero-order chi connectivity index (χ0) is 22.2. The summed E-state index contributed by atoms with van der Waals surface area (Å²) >= 11 is 0. The van der Waals surface area contributed by atoms with Crippen molar-refractivity contribution in [1.29, 1.82) is 0 Å². The Morgan fingerprint density at radius 1 is 0.759 bits per heavy atom. The fraction of sp³-hybridized carbons (Fsp3) is 0.727. The van der Waals surface area contributed by atoms with Gasteiger partial charge in [0, 0.05) is 0 Å². The van der Waals surface area contributed by atoms with Crippen LogP contribution in [0.4, 0.5) is 5.69 Å². The summed E-state index contributed by atoms with van der Waals surface area (Å²) in [5, 5.41) is 2.55. The second-order valence-electron chi connectivity index (χ2n) is 7.69. The zero-order valence-corrected chi connectivity index (χ0v) is 19.5. The summed E-state index contributed by atoms with van der Waals surface area (Å²) in [6.07, 6.45) is 11.1. The quantitative estimate of drug-likeness (QED) is 0.207. The van der Waals surface area contributed by atoms with E-state index >= 15 is 0 Å². The summed E-state index contributed by atoms with van der Waals surface area (Å²) in [7, 11) is -4.42. The van der Waals surface area contributed by atoms with Gasteiger partial charge in [0.05, 0.1) is 31.1 Å². The van der Waals surface area contributed by atoms with Crippen molar-refractivity contribution in [3.05, 3.63) is 29.2 Å². The summed E-state index contributed by atoms with van der Waals surface area (Å²) in [4.78, 5) is 9.52. The average molecular weight is 429 g/mol. The van der Waals surface area contributed by atoms with E-state index in [1.165, 1.54) is 82.0 Å². The summed E-state index contributed by atoms with van der Waals surface area (Å²) in [6, 6.07) is 4.41. The van der Waals surface area contributed by atoms with Crippen LogP contribution in [-0.4, -0.2) is 43.6 Å². The predicted octanol–water partition coefficient (Wildman–Crippen LogP) is 5.99. The average Bonchev–Trinajstić information content (AvgIpc) is 2.72. The van der Waals surface area contributed by atoms with Crippen molar-refractivity contribution in [2.75, 3.05) is 26.2 Å². The van der Waals surface area contributed by atoms with Gasteiger partial charge in [0.15, 0.2) is 0 Å². The molecule has 0 saturated heterocycles. The lowest BCUT2D eigenvalue weighted by molar-refractivity contribution is -0.929. The van der Waals surface area contributed by atoms with Crippen LogP contribution < -0.4 is 0 Å². The van der Waals surface area contributed by atoms with Gasteiger partial charge in [0.1, 0.15) is 15.8 Å². The summed E-state index contributed by atoms with van der Waals surface area (Å²) in [5.41, 5.74) is 0.0856. The first-order valence-corrected chi connectivity index (χ1v) is 12.4. The fourth-order valence-electron chi connectivity index (χ4n) is 3.32. The molecule has 0 radical (unpaired) electrons. The topological polar surface area (TPSA) is 86.6 Å². The molecule has 0 heterocycles. The van der Waals surface area contributed by atoms with Crippen LogP contribution in [0, 0.1) is 4.91 Å². The fourth-order valence-corrected chi connectivity index (χ4v) is 3.79. The highest BCUT2D eigenvalue weighted by Gasteiger charge is 2.24. The van der Waals surface area contributed by atoms with E-state index in [2.05, 4.69) is 32.9 Å². The highest BCUT2D eigenvalue weighted by Crippen LogP contribution is 2.17. The standard InChI is InChI=1S/C16H36N.C6H5NO4S/c1-5-9-13-17(14-10-6-2,15-11-7-3)16-12-8-4;8-7-5-1-3-6(4-2-5)12(9,10)11/h5-16H2,1-4H3;1-4H,(H,9,10,11)/q+1;/p-1. The van der Waals surface area contributed by atoms with E-state index in [0.717, 1.165) is 24.3 Å². The monoisotopic (exact) mass is 428 g/mol. The number of unbranched alkanes of at least 4 members (excludes halogenated alkanes) is 4. The molecule has 0 bridgehead atoms. The highest BCUT2D eigenvalue weighted by molar-refractivity contribution is 7.85. The van der Waals surface area contributed by atoms with E-state index in [0.29, 0.717) is 0 Å². The molecule has 29 heavy (non-hydrogen) atoms. The molecular weight excluding hydrogens is 388 g/mol. The Labute approximate surface area is 178 Å². The van der Waals surface area contributed by atoms with Gasteiger partial charge < -0.3 is 9.04 Å². The molecule has 0 aliphatic carbocycles. The van der Waals surface area contributed by atoms with Gasteiger partial charge >= 0.3 is 0 Å². The van der Waals surface area contributed by atoms with Crippen LogP contribution in [0.3, 0.4) is 0 Å². The number of quaternary nitrogens is 1. The first-order valence-electron chi connectivity index (χ1n) is 11.0.